The lowest BCUT2D eigenvalue weighted by Gasteiger charge is -2.10. The summed E-state index contributed by atoms with van der Waals surface area (Å²) < 4.78 is 0. The van der Waals surface area contributed by atoms with E-state index in [-0.39, 0.29) is 12.5 Å². The third-order valence-electron chi connectivity index (χ3n) is 3.49. The van der Waals surface area contributed by atoms with Gasteiger partial charge in [-0.15, -0.1) is 0 Å². The van der Waals surface area contributed by atoms with Crippen LogP contribution in [0.2, 0.25) is 0 Å². The zero-order valence-electron chi connectivity index (χ0n) is 13.6. The van der Waals surface area contributed by atoms with Crippen molar-refractivity contribution >= 4 is 17.7 Å². The van der Waals surface area contributed by atoms with Crippen molar-refractivity contribution in [3.05, 3.63) is 71.3 Å². The second-order valence-corrected chi connectivity index (χ2v) is 5.81. The van der Waals surface area contributed by atoms with E-state index in [1.165, 1.54) is 0 Å². The Morgan fingerprint density at radius 3 is 2.48 bits per heavy atom. The molecular formula is C20H23NO2. The highest BCUT2D eigenvalue weighted by atomic mass is 16.3. The van der Waals surface area contributed by atoms with Gasteiger partial charge in [0.2, 0.25) is 0 Å². The normalized spacial score (nSPS) is 11.1. The first-order chi connectivity index (χ1) is 11.1. The van der Waals surface area contributed by atoms with Gasteiger partial charge in [-0.3, -0.25) is 4.79 Å². The summed E-state index contributed by atoms with van der Waals surface area (Å²) in [6, 6.07) is 15.1. The number of nitrogens with one attached hydrogen (secondary N) is 1. The van der Waals surface area contributed by atoms with Gasteiger partial charge in [-0.05, 0) is 41.7 Å². The van der Waals surface area contributed by atoms with Gasteiger partial charge in [0.1, 0.15) is 0 Å². The van der Waals surface area contributed by atoms with Crippen LogP contribution in [0.25, 0.3) is 6.08 Å². The van der Waals surface area contributed by atoms with Crippen LogP contribution < -0.4 is 5.32 Å². The Balaban J connectivity index is 2.09. The molecule has 0 atom stereocenters. The molecule has 0 aliphatic rings. The molecule has 0 bridgehead atoms. The second-order valence-electron chi connectivity index (χ2n) is 5.81. The summed E-state index contributed by atoms with van der Waals surface area (Å²) >= 11 is 0. The number of hydrogen-bond acceptors (Lipinski definition) is 2. The molecule has 2 aromatic carbocycles. The van der Waals surface area contributed by atoms with E-state index in [1.54, 1.807) is 0 Å². The molecule has 0 fully saturated rings. The first kappa shape index (κ1) is 17.0. The Morgan fingerprint density at radius 2 is 1.83 bits per heavy atom. The number of rotatable bonds is 6. The number of anilines is 1. The van der Waals surface area contributed by atoms with E-state index in [9.17, 15) is 4.79 Å². The van der Waals surface area contributed by atoms with Crippen molar-refractivity contribution in [2.75, 3.05) is 11.9 Å². The number of aliphatic hydroxyl groups is 1. The average molecular weight is 309 g/mol. The van der Waals surface area contributed by atoms with Gasteiger partial charge in [0.15, 0.2) is 0 Å². The number of hydrogen-bond donors (Lipinski definition) is 2. The maximum atomic E-state index is 12.4. The largest absolute Gasteiger partial charge is 0.396 e. The molecule has 2 aromatic rings. The number of para-hydroxylation sites is 1. The monoisotopic (exact) mass is 309 g/mol. The number of carbonyl (C=O) groups is 1. The zero-order valence-corrected chi connectivity index (χ0v) is 13.6. The van der Waals surface area contributed by atoms with Gasteiger partial charge in [0.25, 0.3) is 5.91 Å². The van der Waals surface area contributed by atoms with Crippen LogP contribution in [0.4, 0.5) is 5.69 Å². The Kier molecular flexibility index (Phi) is 6.12. The third-order valence-corrected chi connectivity index (χ3v) is 3.49. The highest BCUT2D eigenvalue weighted by molar-refractivity contribution is 6.04. The smallest absolute Gasteiger partial charge is 0.255 e. The van der Waals surface area contributed by atoms with E-state index in [4.69, 9.17) is 5.11 Å². The van der Waals surface area contributed by atoms with Gasteiger partial charge in [-0.1, -0.05) is 56.3 Å². The molecule has 0 unspecified atom stereocenters. The first-order valence-corrected chi connectivity index (χ1v) is 7.88. The van der Waals surface area contributed by atoms with Crippen molar-refractivity contribution < 1.29 is 9.90 Å². The number of amides is 1. The molecule has 2 N–H and O–H groups in total. The fraction of sp³-hybridized carbons (Fsp3) is 0.250. The molecule has 2 rings (SSSR count). The van der Waals surface area contributed by atoms with E-state index >= 15 is 0 Å². The summed E-state index contributed by atoms with van der Waals surface area (Å²) in [7, 11) is 0. The molecule has 1 amide bonds. The van der Waals surface area contributed by atoms with E-state index in [1.807, 2.05) is 48.5 Å². The van der Waals surface area contributed by atoms with E-state index in [2.05, 4.69) is 31.3 Å². The number of benzene rings is 2. The summed E-state index contributed by atoms with van der Waals surface area (Å²) in [5.74, 6) is 0.357. The molecule has 3 nitrogen and oxygen atoms in total. The first-order valence-electron chi connectivity index (χ1n) is 7.88. The van der Waals surface area contributed by atoms with Gasteiger partial charge in [0.05, 0.1) is 0 Å². The van der Waals surface area contributed by atoms with Crippen molar-refractivity contribution in [3.63, 3.8) is 0 Å². The van der Waals surface area contributed by atoms with Crippen molar-refractivity contribution in [1.29, 1.82) is 0 Å². The predicted molar refractivity (Wildman–Crippen MR) is 95.5 cm³/mol. The molecule has 0 spiro atoms. The standard InChI is InChI=1S/C20H23NO2/c1-15(2)7-8-16-9-11-18(12-10-16)20(23)21-19-6-4-3-5-17(19)13-14-22/h3-12,15,22H,13-14H2,1-2H3,(H,21,23). The molecule has 0 saturated heterocycles. The quantitative estimate of drug-likeness (QED) is 0.842. The molecular weight excluding hydrogens is 286 g/mol. The summed E-state index contributed by atoms with van der Waals surface area (Å²) in [6.07, 6.45) is 4.71. The zero-order chi connectivity index (χ0) is 16.7. The average Bonchev–Trinajstić information content (AvgIpc) is 2.55. The van der Waals surface area contributed by atoms with E-state index in [0.29, 0.717) is 17.9 Å². The SMILES string of the molecule is CC(C)C=Cc1ccc(C(=O)Nc2ccccc2CCO)cc1. The van der Waals surface area contributed by atoms with Crippen LogP contribution in [0.1, 0.15) is 35.3 Å². The van der Waals surface area contributed by atoms with Crippen molar-refractivity contribution in [2.45, 2.75) is 20.3 Å². The molecule has 23 heavy (non-hydrogen) atoms. The van der Waals surface area contributed by atoms with Gasteiger partial charge in [0, 0.05) is 17.9 Å². The van der Waals surface area contributed by atoms with Crippen LogP contribution in [-0.4, -0.2) is 17.6 Å². The lowest BCUT2D eigenvalue weighted by Crippen LogP contribution is -2.13. The van der Waals surface area contributed by atoms with Crippen LogP contribution in [0.5, 0.6) is 0 Å². The van der Waals surface area contributed by atoms with Crippen molar-refractivity contribution in [2.24, 2.45) is 5.92 Å². The lowest BCUT2D eigenvalue weighted by atomic mass is 10.1. The van der Waals surface area contributed by atoms with E-state index in [0.717, 1.165) is 16.8 Å². The van der Waals surface area contributed by atoms with Crippen LogP contribution in [0, 0.1) is 5.92 Å². The van der Waals surface area contributed by atoms with Crippen molar-refractivity contribution in [3.8, 4) is 0 Å². The number of allylic oxidation sites excluding steroid dienone is 1. The highest BCUT2D eigenvalue weighted by Gasteiger charge is 2.08. The number of carbonyl (C=O) groups excluding carboxylic acids is 1. The van der Waals surface area contributed by atoms with Crippen LogP contribution in [0.3, 0.4) is 0 Å². The summed E-state index contributed by atoms with van der Waals surface area (Å²) in [4.78, 5) is 12.4. The molecule has 0 aromatic heterocycles. The van der Waals surface area contributed by atoms with Crippen LogP contribution in [-0.2, 0) is 6.42 Å². The highest BCUT2D eigenvalue weighted by Crippen LogP contribution is 2.17. The Hall–Kier alpha value is -2.39. The van der Waals surface area contributed by atoms with Crippen molar-refractivity contribution in [1.82, 2.24) is 0 Å². The fourth-order valence-corrected chi connectivity index (χ4v) is 2.22. The molecule has 0 radical (unpaired) electrons. The van der Waals surface area contributed by atoms with Crippen LogP contribution in [0.15, 0.2) is 54.6 Å². The molecule has 0 aliphatic heterocycles. The molecule has 120 valence electrons. The summed E-state index contributed by atoms with van der Waals surface area (Å²) in [5.41, 5.74) is 3.37. The maximum Gasteiger partial charge on any atom is 0.255 e. The molecule has 0 aliphatic carbocycles. The Labute approximate surface area is 137 Å². The minimum atomic E-state index is -0.144. The minimum absolute atomic E-state index is 0.0593. The van der Waals surface area contributed by atoms with Gasteiger partial charge in [-0.25, -0.2) is 0 Å². The van der Waals surface area contributed by atoms with Crippen LogP contribution >= 0.6 is 0 Å². The maximum absolute atomic E-state index is 12.4. The summed E-state index contributed by atoms with van der Waals surface area (Å²) in [6.45, 7) is 4.31. The number of aliphatic hydroxyl groups excluding tert-OH is 1. The minimum Gasteiger partial charge on any atom is -0.396 e. The Bertz CT molecular complexity index is 672. The molecule has 3 heteroatoms. The summed E-state index contributed by atoms with van der Waals surface area (Å²) in [5, 5.41) is 12.0. The Morgan fingerprint density at radius 1 is 1.13 bits per heavy atom. The predicted octanol–water partition coefficient (Wildman–Crippen LogP) is 4.14. The third kappa shape index (κ3) is 5.08. The fourth-order valence-electron chi connectivity index (χ4n) is 2.22. The van der Waals surface area contributed by atoms with E-state index < -0.39 is 0 Å². The molecule has 0 saturated carbocycles. The van der Waals surface area contributed by atoms with Gasteiger partial charge < -0.3 is 10.4 Å². The lowest BCUT2D eigenvalue weighted by molar-refractivity contribution is 0.102. The topological polar surface area (TPSA) is 49.3 Å². The van der Waals surface area contributed by atoms with Gasteiger partial charge in [-0.2, -0.15) is 0 Å². The molecule has 0 heterocycles. The second kappa shape index (κ2) is 8.30. The van der Waals surface area contributed by atoms with Gasteiger partial charge >= 0.3 is 0 Å².